The molecule has 2 rings (SSSR count). The molecule has 6 heteroatoms. The highest BCUT2D eigenvalue weighted by Crippen LogP contribution is 2.22. The molecule has 1 aromatic rings. The summed E-state index contributed by atoms with van der Waals surface area (Å²) in [5.41, 5.74) is 0.504. The summed E-state index contributed by atoms with van der Waals surface area (Å²) in [6.45, 7) is 0.439. The second kappa shape index (κ2) is 5.57. The number of likely N-dealkylation sites (tertiary alicyclic amines) is 1. The van der Waals surface area contributed by atoms with Crippen LogP contribution in [0, 0.1) is 5.82 Å². The Balaban J connectivity index is 2.10. The van der Waals surface area contributed by atoms with Gasteiger partial charge in [0.15, 0.2) is 0 Å². The summed E-state index contributed by atoms with van der Waals surface area (Å²) >= 11 is 5.85. The molecule has 1 aromatic carbocycles. The molecule has 0 aliphatic carbocycles. The van der Waals surface area contributed by atoms with Gasteiger partial charge < -0.3 is 10.0 Å². The molecule has 0 spiro atoms. The first kappa shape index (κ1) is 13.8. The zero-order valence-corrected chi connectivity index (χ0v) is 10.9. The fraction of sp³-hybridized carbons (Fsp3) is 0.385. The van der Waals surface area contributed by atoms with E-state index in [-0.39, 0.29) is 17.4 Å². The first-order chi connectivity index (χ1) is 8.99. The van der Waals surface area contributed by atoms with Crippen LogP contribution in [0.2, 0.25) is 5.02 Å². The summed E-state index contributed by atoms with van der Waals surface area (Å²) in [5.74, 6) is -1.75. The SMILES string of the molecule is O=C(O)C1CCCN1C(=O)Cc1ccc(F)cc1Cl. The standard InChI is InChI=1S/C13H13ClFNO3/c14-10-7-9(15)4-3-8(10)6-12(17)16-5-1-2-11(16)13(18)19/h3-4,7,11H,1-2,5-6H2,(H,18,19). The normalized spacial score (nSPS) is 18.6. The summed E-state index contributed by atoms with van der Waals surface area (Å²) in [6, 6.07) is 3.06. The molecule has 1 saturated heterocycles. The number of nitrogens with zero attached hydrogens (tertiary/aromatic N) is 1. The van der Waals surface area contributed by atoms with Gasteiger partial charge in [-0.15, -0.1) is 0 Å². The molecule has 0 saturated carbocycles. The third kappa shape index (κ3) is 3.04. The van der Waals surface area contributed by atoms with Gasteiger partial charge in [-0.2, -0.15) is 0 Å². The van der Waals surface area contributed by atoms with Crippen molar-refractivity contribution >= 4 is 23.5 Å². The van der Waals surface area contributed by atoms with Crippen LogP contribution in [0.1, 0.15) is 18.4 Å². The van der Waals surface area contributed by atoms with Crippen LogP contribution >= 0.6 is 11.6 Å². The average Bonchev–Trinajstić information content (AvgIpc) is 2.82. The van der Waals surface area contributed by atoms with E-state index in [4.69, 9.17) is 16.7 Å². The average molecular weight is 286 g/mol. The van der Waals surface area contributed by atoms with Gasteiger partial charge in [0.25, 0.3) is 0 Å². The van der Waals surface area contributed by atoms with Gasteiger partial charge in [0.1, 0.15) is 11.9 Å². The number of benzene rings is 1. The van der Waals surface area contributed by atoms with Gasteiger partial charge in [-0.3, -0.25) is 4.79 Å². The molecular weight excluding hydrogens is 273 g/mol. The van der Waals surface area contributed by atoms with Crippen LogP contribution < -0.4 is 0 Å². The molecule has 1 fully saturated rings. The zero-order chi connectivity index (χ0) is 14.0. The maximum atomic E-state index is 12.9. The van der Waals surface area contributed by atoms with Crippen molar-refractivity contribution in [3.63, 3.8) is 0 Å². The molecule has 1 atom stereocenters. The fourth-order valence-electron chi connectivity index (χ4n) is 2.25. The van der Waals surface area contributed by atoms with Crippen LogP contribution in [-0.2, 0) is 16.0 Å². The van der Waals surface area contributed by atoms with Crippen LogP contribution in [0.4, 0.5) is 4.39 Å². The first-order valence-corrected chi connectivity index (χ1v) is 6.33. The summed E-state index contributed by atoms with van der Waals surface area (Å²) in [7, 11) is 0. The lowest BCUT2D eigenvalue weighted by atomic mass is 10.1. The highest BCUT2D eigenvalue weighted by atomic mass is 35.5. The minimum Gasteiger partial charge on any atom is -0.480 e. The molecule has 1 N–H and O–H groups in total. The lowest BCUT2D eigenvalue weighted by Crippen LogP contribution is -2.41. The molecular formula is C13H13ClFNO3. The molecule has 1 heterocycles. The number of carbonyl (C=O) groups is 2. The largest absolute Gasteiger partial charge is 0.480 e. The Morgan fingerprint density at radius 2 is 2.21 bits per heavy atom. The molecule has 0 radical (unpaired) electrons. The Labute approximate surface area is 114 Å². The Kier molecular flexibility index (Phi) is 4.04. The number of carbonyl (C=O) groups excluding carboxylic acids is 1. The fourth-order valence-corrected chi connectivity index (χ4v) is 2.49. The van der Waals surface area contributed by atoms with Crippen molar-refractivity contribution in [3.8, 4) is 0 Å². The van der Waals surface area contributed by atoms with Gasteiger partial charge in [0.05, 0.1) is 6.42 Å². The Bertz CT molecular complexity index is 521. The molecule has 102 valence electrons. The van der Waals surface area contributed by atoms with Crippen LogP contribution in [0.15, 0.2) is 18.2 Å². The lowest BCUT2D eigenvalue weighted by Gasteiger charge is -2.21. The summed E-state index contributed by atoms with van der Waals surface area (Å²) in [6.07, 6.45) is 1.14. The van der Waals surface area contributed by atoms with Crippen LogP contribution in [0.25, 0.3) is 0 Å². The van der Waals surface area contributed by atoms with Gasteiger partial charge in [0, 0.05) is 11.6 Å². The van der Waals surface area contributed by atoms with Gasteiger partial charge in [0.2, 0.25) is 5.91 Å². The van der Waals surface area contributed by atoms with E-state index in [1.54, 1.807) is 0 Å². The minimum atomic E-state index is -0.990. The number of aliphatic carboxylic acids is 1. The predicted molar refractivity (Wildman–Crippen MR) is 67.5 cm³/mol. The number of halogens is 2. The van der Waals surface area contributed by atoms with Crippen molar-refractivity contribution in [1.29, 1.82) is 0 Å². The maximum Gasteiger partial charge on any atom is 0.326 e. The summed E-state index contributed by atoms with van der Waals surface area (Å²) in [4.78, 5) is 24.4. The van der Waals surface area contributed by atoms with Crippen molar-refractivity contribution in [2.75, 3.05) is 6.54 Å². The molecule has 1 aliphatic heterocycles. The number of hydrogen-bond donors (Lipinski definition) is 1. The van der Waals surface area contributed by atoms with E-state index in [1.165, 1.54) is 17.0 Å². The molecule has 4 nitrogen and oxygen atoms in total. The predicted octanol–water partition coefficient (Wildman–Crippen LogP) is 2.10. The topological polar surface area (TPSA) is 57.6 Å². The maximum absolute atomic E-state index is 12.9. The molecule has 1 amide bonds. The minimum absolute atomic E-state index is 0.0110. The van der Waals surface area contributed by atoms with E-state index in [0.29, 0.717) is 24.9 Å². The van der Waals surface area contributed by atoms with E-state index < -0.39 is 17.8 Å². The van der Waals surface area contributed by atoms with Crippen molar-refractivity contribution < 1.29 is 19.1 Å². The molecule has 1 unspecified atom stereocenters. The van der Waals surface area contributed by atoms with E-state index in [1.807, 2.05) is 0 Å². The molecule has 0 aromatic heterocycles. The van der Waals surface area contributed by atoms with Crippen molar-refractivity contribution in [2.24, 2.45) is 0 Å². The van der Waals surface area contributed by atoms with Crippen LogP contribution in [-0.4, -0.2) is 34.5 Å². The highest BCUT2D eigenvalue weighted by molar-refractivity contribution is 6.31. The third-order valence-electron chi connectivity index (χ3n) is 3.21. The summed E-state index contributed by atoms with van der Waals surface area (Å²) < 4.78 is 12.9. The van der Waals surface area contributed by atoms with Gasteiger partial charge in [-0.05, 0) is 30.5 Å². The van der Waals surface area contributed by atoms with E-state index in [9.17, 15) is 14.0 Å². The Morgan fingerprint density at radius 3 is 2.84 bits per heavy atom. The second-order valence-corrected chi connectivity index (χ2v) is 4.90. The Hall–Kier alpha value is -1.62. The van der Waals surface area contributed by atoms with Crippen molar-refractivity contribution in [1.82, 2.24) is 4.90 Å². The van der Waals surface area contributed by atoms with Crippen molar-refractivity contribution in [2.45, 2.75) is 25.3 Å². The number of rotatable bonds is 3. The van der Waals surface area contributed by atoms with Gasteiger partial charge in [-0.1, -0.05) is 17.7 Å². The first-order valence-electron chi connectivity index (χ1n) is 5.95. The van der Waals surface area contributed by atoms with E-state index in [0.717, 1.165) is 6.07 Å². The Morgan fingerprint density at radius 1 is 1.47 bits per heavy atom. The van der Waals surface area contributed by atoms with E-state index in [2.05, 4.69) is 0 Å². The molecule has 19 heavy (non-hydrogen) atoms. The quantitative estimate of drug-likeness (QED) is 0.925. The van der Waals surface area contributed by atoms with E-state index >= 15 is 0 Å². The number of hydrogen-bond acceptors (Lipinski definition) is 2. The van der Waals surface area contributed by atoms with Crippen LogP contribution in [0.5, 0.6) is 0 Å². The van der Waals surface area contributed by atoms with Gasteiger partial charge in [-0.25, -0.2) is 9.18 Å². The number of carboxylic acids is 1. The third-order valence-corrected chi connectivity index (χ3v) is 3.57. The molecule has 1 aliphatic rings. The van der Waals surface area contributed by atoms with Crippen molar-refractivity contribution in [3.05, 3.63) is 34.6 Å². The highest BCUT2D eigenvalue weighted by Gasteiger charge is 2.33. The molecule has 0 bridgehead atoms. The monoisotopic (exact) mass is 285 g/mol. The number of carboxylic acid groups (broad SMARTS) is 1. The lowest BCUT2D eigenvalue weighted by molar-refractivity contribution is -0.148. The second-order valence-electron chi connectivity index (χ2n) is 4.50. The number of amides is 1. The summed E-state index contributed by atoms with van der Waals surface area (Å²) in [5, 5.41) is 9.20. The van der Waals surface area contributed by atoms with Crippen LogP contribution in [0.3, 0.4) is 0 Å². The zero-order valence-electron chi connectivity index (χ0n) is 10.1. The van der Waals surface area contributed by atoms with Gasteiger partial charge >= 0.3 is 5.97 Å². The smallest absolute Gasteiger partial charge is 0.326 e.